The Bertz CT molecular complexity index is 187. The van der Waals surface area contributed by atoms with Crippen LogP contribution in [0.5, 0.6) is 0 Å². The summed E-state index contributed by atoms with van der Waals surface area (Å²) in [5.74, 6) is 0.733. The van der Waals surface area contributed by atoms with E-state index in [9.17, 15) is 0 Å². The quantitative estimate of drug-likeness (QED) is 0.500. The van der Waals surface area contributed by atoms with Crippen LogP contribution in [0.2, 0.25) is 0 Å². The minimum absolute atomic E-state index is 0.733. The Morgan fingerprint density at radius 3 is 2.64 bits per heavy atom. The molecule has 0 N–H and O–H groups in total. The highest BCUT2D eigenvalue weighted by molar-refractivity contribution is 6.21. The molecule has 0 nitrogen and oxygen atoms in total. The van der Waals surface area contributed by atoms with Gasteiger partial charge in [-0.2, -0.15) is 0 Å². The van der Waals surface area contributed by atoms with Gasteiger partial charge in [-0.25, -0.2) is 0 Å². The molecule has 0 atom stereocenters. The zero-order chi connectivity index (χ0) is 8.27. The molecule has 0 fully saturated rings. The average molecular weight is 148 g/mol. The zero-order valence-corrected chi connectivity index (χ0v) is 7.85. The van der Waals surface area contributed by atoms with E-state index in [0.717, 1.165) is 5.92 Å². The first kappa shape index (κ1) is 8.64. The normalized spacial score (nSPS) is 19.2. The molecule has 0 saturated carbocycles. The first-order chi connectivity index (χ1) is 5.20. The first-order valence-electron chi connectivity index (χ1n) is 4.56. The molecular weight excluding hydrogens is 131 g/mol. The third kappa shape index (κ3) is 2.57. The van der Waals surface area contributed by atoms with Gasteiger partial charge in [0, 0.05) is 0 Å². The minimum atomic E-state index is 0.733. The van der Waals surface area contributed by atoms with Crippen molar-refractivity contribution in [3.05, 3.63) is 23.2 Å². The van der Waals surface area contributed by atoms with Crippen LogP contribution in [0.1, 0.15) is 33.1 Å². The van der Waals surface area contributed by atoms with Gasteiger partial charge in [0.1, 0.15) is 7.85 Å². The van der Waals surface area contributed by atoms with E-state index in [1.165, 1.54) is 24.7 Å². The van der Waals surface area contributed by atoms with Crippen LogP contribution in [0.25, 0.3) is 0 Å². The summed E-state index contributed by atoms with van der Waals surface area (Å²) in [6, 6.07) is 0. The SMILES string of the molecule is BC1=CC=C(C(C)C)CCC1. The van der Waals surface area contributed by atoms with E-state index in [2.05, 4.69) is 33.8 Å². The summed E-state index contributed by atoms with van der Waals surface area (Å²) in [6.45, 7) is 4.56. The van der Waals surface area contributed by atoms with Crippen molar-refractivity contribution in [2.45, 2.75) is 33.1 Å². The largest absolute Gasteiger partial charge is 0.133 e. The van der Waals surface area contributed by atoms with Crippen LogP contribution in [0.4, 0.5) is 0 Å². The maximum atomic E-state index is 2.31. The van der Waals surface area contributed by atoms with E-state index in [1.807, 2.05) is 0 Å². The summed E-state index contributed by atoms with van der Waals surface area (Å²) >= 11 is 0. The maximum absolute atomic E-state index is 2.31. The zero-order valence-electron chi connectivity index (χ0n) is 7.85. The summed E-state index contributed by atoms with van der Waals surface area (Å²) in [7, 11) is 2.22. The molecule has 11 heavy (non-hydrogen) atoms. The Hall–Kier alpha value is -0.455. The van der Waals surface area contributed by atoms with Crippen LogP contribution < -0.4 is 0 Å². The maximum Gasteiger partial charge on any atom is 0.133 e. The molecule has 0 radical (unpaired) electrons. The van der Waals surface area contributed by atoms with E-state index in [4.69, 9.17) is 0 Å². The molecule has 1 rings (SSSR count). The predicted octanol–water partition coefficient (Wildman–Crippen LogP) is 2.27. The second-order valence-electron chi connectivity index (χ2n) is 3.76. The van der Waals surface area contributed by atoms with Crippen LogP contribution in [0, 0.1) is 5.92 Å². The molecule has 0 aliphatic heterocycles. The molecule has 1 aliphatic rings. The summed E-state index contributed by atoms with van der Waals surface area (Å²) in [5.41, 5.74) is 3.14. The lowest BCUT2D eigenvalue weighted by Gasteiger charge is -2.07. The fourth-order valence-corrected chi connectivity index (χ4v) is 1.47. The highest BCUT2D eigenvalue weighted by Gasteiger charge is 2.04. The highest BCUT2D eigenvalue weighted by Crippen LogP contribution is 2.21. The van der Waals surface area contributed by atoms with Crippen molar-refractivity contribution in [1.29, 1.82) is 0 Å². The van der Waals surface area contributed by atoms with Crippen LogP contribution in [-0.2, 0) is 0 Å². The smallest absolute Gasteiger partial charge is 0.110 e. The Labute approximate surface area is 70.8 Å². The van der Waals surface area contributed by atoms with Gasteiger partial charge in [0.25, 0.3) is 0 Å². The summed E-state index contributed by atoms with van der Waals surface area (Å²) in [6.07, 6.45) is 8.51. The number of hydrogen-bond donors (Lipinski definition) is 0. The summed E-state index contributed by atoms with van der Waals surface area (Å²) < 4.78 is 0. The summed E-state index contributed by atoms with van der Waals surface area (Å²) in [4.78, 5) is 0. The van der Waals surface area contributed by atoms with E-state index < -0.39 is 0 Å². The van der Waals surface area contributed by atoms with Crippen LogP contribution >= 0.6 is 0 Å². The van der Waals surface area contributed by atoms with Crippen molar-refractivity contribution in [1.82, 2.24) is 0 Å². The average Bonchev–Trinajstić information content (AvgIpc) is 2.13. The Kier molecular flexibility index (Phi) is 2.98. The Morgan fingerprint density at radius 2 is 2.00 bits per heavy atom. The van der Waals surface area contributed by atoms with Crippen molar-refractivity contribution < 1.29 is 0 Å². The Morgan fingerprint density at radius 1 is 1.27 bits per heavy atom. The predicted molar refractivity (Wildman–Crippen MR) is 53.4 cm³/mol. The molecule has 1 aliphatic carbocycles. The van der Waals surface area contributed by atoms with Gasteiger partial charge in [-0.3, -0.25) is 0 Å². The second kappa shape index (κ2) is 3.80. The molecule has 0 saturated heterocycles. The van der Waals surface area contributed by atoms with Gasteiger partial charge < -0.3 is 0 Å². The van der Waals surface area contributed by atoms with E-state index in [-0.39, 0.29) is 0 Å². The molecule has 60 valence electrons. The van der Waals surface area contributed by atoms with Gasteiger partial charge >= 0.3 is 0 Å². The van der Waals surface area contributed by atoms with Gasteiger partial charge in [0.2, 0.25) is 0 Å². The lowest BCUT2D eigenvalue weighted by Crippen LogP contribution is -1.92. The number of rotatable bonds is 1. The van der Waals surface area contributed by atoms with Gasteiger partial charge in [-0.1, -0.05) is 31.6 Å². The highest BCUT2D eigenvalue weighted by atomic mass is 14.1. The molecule has 0 bridgehead atoms. The van der Waals surface area contributed by atoms with Gasteiger partial charge in [-0.05, 0) is 25.2 Å². The topological polar surface area (TPSA) is 0 Å². The molecule has 0 aromatic carbocycles. The lowest BCUT2D eigenvalue weighted by atomic mass is 9.91. The molecule has 0 heterocycles. The molecule has 0 unspecified atom stereocenters. The molecule has 1 heteroatoms. The molecular formula is C10H17B. The second-order valence-corrected chi connectivity index (χ2v) is 3.76. The molecule has 0 spiro atoms. The van der Waals surface area contributed by atoms with Crippen LogP contribution in [-0.4, -0.2) is 7.85 Å². The first-order valence-corrected chi connectivity index (χ1v) is 4.56. The van der Waals surface area contributed by atoms with Crippen molar-refractivity contribution in [2.24, 2.45) is 5.92 Å². The number of hydrogen-bond acceptors (Lipinski definition) is 0. The number of allylic oxidation sites excluding steroid dienone is 4. The van der Waals surface area contributed by atoms with E-state index in [0.29, 0.717) is 0 Å². The van der Waals surface area contributed by atoms with E-state index in [1.54, 1.807) is 5.57 Å². The van der Waals surface area contributed by atoms with Crippen LogP contribution in [0.3, 0.4) is 0 Å². The third-order valence-electron chi connectivity index (χ3n) is 2.36. The minimum Gasteiger partial charge on any atom is -0.110 e. The van der Waals surface area contributed by atoms with Crippen molar-refractivity contribution in [3.8, 4) is 0 Å². The Balaban J connectivity index is 2.67. The van der Waals surface area contributed by atoms with Gasteiger partial charge in [0.05, 0.1) is 0 Å². The van der Waals surface area contributed by atoms with Crippen molar-refractivity contribution >= 4 is 7.85 Å². The molecule has 0 amide bonds. The summed E-state index contributed by atoms with van der Waals surface area (Å²) in [5, 5.41) is 0. The standard InChI is InChI=1S/C10H17B/c1-8(2)9-4-3-5-10(11)7-6-9/h6-8H,3-5,11H2,1-2H3. The molecule has 0 aromatic heterocycles. The fourth-order valence-electron chi connectivity index (χ4n) is 1.47. The monoisotopic (exact) mass is 148 g/mol. The van der Waals surface area contributed by atoms with Crippen molar-refractivity contribution in [2.75, 3.05) is 0 Å². The van der Waals surface area contributed by atoms with Gasteiger partial charge in [0.15, 0.2) is 0 Å². The van der Waals surface area contributed by atoms with E-state index >= 15 is 0 Å². The van der Waals surface area contributed by atoms with Crippen LogP contribution in [0.15, 0.2) is 23.2 Å². The van der Waals surface area contributed by atoms with Crippen molar-refractivity contribution in [3.63, 3.8) is 0 Å². The fraction of sp³-hybridized carbons (Fsp3) is 0.600. The molecule has 0 aromatic rings. The van der Waals surface area contributed by atoms with Gasteiger partial charge in [-0.15, -0.1) is 5.47 Å². The third-order valence-corrected chi connectivity index (χ3v) is 2.36. The lowest BCUT2D eigenvalue weighted by molar-refractivity contribution is 0.690.